The van der Waals surface area contributed by atoms with E-state index in [4.69, 9.17) is 9.47 Å². The van der Waals surface area contributed by atoms with Gasteiger partial charge >= 0.3 is 0 Å². The van der Waals surface area contributed by atoms with Crippen LogP contribution in [0.25, 0.3) is 0 Å². The first-order chi connectivity index (χ1) is 8.33. The van der Waals surface area contributed by atoms with Gasteiger partial charge in [-0.25, -0.2) is 0 Å². The lowest BCUT2D eigenvalue weighted by Crippen LogP contribution is -2.15. The minimum atomic E-state index is 0.664. The predicted octanol–water partition coefficient (Wildman–Crippen LogP) is 3.56. The molecule has 1 aromatic carbocycles. The van der Waals surface area contributed by atoms with Gasteiger partial charge in [0.1, 0.15) is 13.2 Å². The Morgan fingerprint density at radius 1 is 1.18 bits per heavy atom. The van der Waals surface area contributed by atoms with E-state index >= 15 is 0 Å². The van der Waals surface area contributed by atoms with Crippen LogP contribution >= 0.6 is 15.9 Å². The monoisotopic (exact) mass is 296 g/mol. The molecule has 17 heavy (non-hydrogen) atoms. The van der Waals surface area contributed by atoms with Crippen molar-refractivity contribution in [3.63, 3.8) is 0 Å². The maximum Gasteiger partial charge on any atom is 0.161 e. The number of hydrogen-bond donors (Lipinski definition) is 0. The van der Waals surface area contributed by atoms with Gasteiger partial charge in [-0.15, -0.1) is 0 Å². The fraction of sp³-hybridized carbons (Fsp3) is 0.571. The van der Waals surface area contributed by atoms with E-state index in [0.29, 0.717) is 18.0 Å². The zero-order chi connectivity index (χ0) is 11.7. The van der Waals surface area contributed by atoms with Crippen molar-refractivity contribution in [2.75, 3.05) is 13.2 Å². The third kappa shape index (κ3) is 2.76. The Morgan fingerprint density at radius 2 is 1.94 bits per heavy atom. The topological polar surface area (TPSA) is 18.5 Å². The molecule has 92 valence electrons. The Morgan fingerprint density at radius 3 is 2.71 bits per heavy atom. The van der Waals surface area contributed by atoms with Crippen molar-refractivity contribution in [2.24, 2.45) is 5.92 Å². The molecule has 1 heterocycles. The summed E-state index contributed by atoms with van der Waals surface area (Å²) < 4.78 is 11.1. The molecule has 1 aliphatic heterocycles. The predicted molar refractivity (Wildman–Crippen MR) is 71.2 cm³/mol. The van der Waals surface area contributed by atoms with Gasteiger partial charge in [0.2, 0.25) is 0 Å². The van der Waals surface area contributed by atoms with Gasteiger partial charge in [0, 0.05) is 4.83 Å². The molecule has 1 saturated carbocycles. The standard InChI is InChI=1S/C14H17BrO2/c15-12(11-3-4-11)5-1-10-2-6-13-14(9-10)17-8-7-16-13/h2,6,9,11-12H,1,3-5,7-8H2. The summed E-state index contributed by atoms with van der Waals surface area (Å²) in [6, 6.07) is 6.31. The van der Waals surface area contributed by atoms with Gasteiger partial charge in [-0.3, -0.25) is 0 Å². The van der Waals surface area contributed by atoms with Crippen LogP contribution in [0.4, 0.5) is 0 Å². The van der Waals surface area contributed by atoms with Crippen molar-refractivity contribution < 1.29 is 9.47 Å². The van der Waals surface area contributed by atoms with Crippen molar-refractivity contribution in [3.05, 3.63) is 23.8 Å². The largest absolute Gasteiger partial charge is 0.486 e. The van der Waals surface area contributed by atoms with E-state index in [1.807, 2.05) is 6.07 Å². The Balaban J connectivity index is 1.62. The third-order valence-electron chi connectivity index (χ3n) is 3.45. The number of halogens is 1. The van der Waals surface area contributed by atoms with Crippen molar-refractivity contribution in [2.45, 2.75) is 30.5 Å². The van der Waals surface area contributed by atoms with Crippen LogP contribution in [-0.4, -0.2) is 18.0 Å². The third-order valence-corrected chi connectivity index (χ3v) is 4.65. The number of ether oxygens (including phenoxy) is 2. The van der Waals surface area contributed by atoms with Crippen molar-refractivity contribution in [1.29, 1.82) is 0 Å². The zero-order valence-electron chi connectivity index (χ0n) is 9.82. The van der Waals surface area contributed by atoms with Gasteiger partial charge in [-0.1, -0.05) is 22.0 Å². The highest BCUT2D eigenvalue weighted by Crippen LogP contribution is 2.39. The molecule has 3 heteroatoms. The molecule has 0 spiro atoms. The van der Waals surface area contributed by atoms with Crippen LogP contribution in [0.2, 0.25) is 0 Å². The first kappa shape index (κ1) is 11.4. The highest BCUT2D eigenvalue weighted by Gasteiger charge is 2.28. The van der Waals surface area contributed by atoms with E-state index in [-0.39, 0.29) is 0 Å². The average molecular weight is 297 g/mol. The quantitative estimate of drug-likeness (QED) is 0.791. The summed E-state index contributed by atoms with van der Waals surface area (Å²) in [6.07, 6.45) is 5.13. The number of aryl methyl sites for hydroxylation is 1. The van der Waals surface area contributed by atoms with Crippen LogP contribution in [0.3, 0.4) is 0 Å². The van der Waals surface area contributed by atoms with Crippen molar-refractivity contribution >= 4 is 15.9 Å². The molecule has 1 aliphatic carbocycles. The van der Waals surface area contributed by atoms with Gasteiger partial charge in [0.05, 0.1) is 0 Å². The van der Waals surface area contributed by atoms with E-state index in [1.54, 1.807) is 0 Å². The first-order valence-corrected chi connectivity index (χ1v) is 7.27. The van der Waals surface area contributed by atoms with Crippen LogP contribution in [0.1, 0.15) is 24.8 Å². The summed E-state index contributed by atoms with van der Waals surface area (Å²) in [6.45, 7) is 1.33. The van der Waals surface area contributed by atoms with Gasteiger partial charge in [0.25, 0.3) is 0 Å². The van der Waals surface area contributed by atoms with E-state index in [0.717, 1.165) is 23.8 Å². The van der Waals surface area contributed by atoms with Crippen LogP contribution in [0.5, 0.6) is 11.5 Å². The fourth-order valence-electron chi connectivity index (χ4n) is 2.24. The van der Waals surface area contributed by atoms with Crippen LogP contribution in [0.15, 0.2) is 18.2 Å². The first-order valence-electron chi connectivity index (χ1n) is 6.35. The Kier molecular flexibility index (Phi) is 3.28. The smallest absolute Gasteiger partial charge is 0.161 e. The highest BCUT2D eigenvalue weighted by molar-refractivity contribution is 9.09. The second kappa shape index (κ2) is 4.89. The lowest BCUT2D eigenvalue weighted by molar-refractivity contribution is 0.171. The second-order valence-electron chi connectivity index (χ2n) is 4.87. The molecular formula is C14H17BrO2. The van der Waals surface area contributed by atoms with Crippen LogP contribution < -0.4 is 9.47 Å². The molecule has 2 aliphatic rings. The van der Waals surface area contributed by atoms with Crippen molar-refractivity contribution in [1.82, 2.24) is 0 Å². The second-order valence-corrected chi connectivity index (χ2v) is 6.05. The SMILES string of the molecule is BrC(CCc1ccc2c(c1)OCCO2)C1CC1. The van der Waals surface area contributed by atoms with Gasteiger partial charge < -0.3 is 9.47 Å². The molecule has 0 bridgehead atoms. The number of hydrogen-bond acceptors (Lipinski definition) is 2. The van der Waals surface area contributed by atoms with Crippen LogP contribution in [-0.2, 0) is 6.42 Å². The molecule has 3 rings (SSSR count). The van der Waals surface area contributed by atoms with Crippen molar-refractivity contribution in [3.8, 4) is 11.5 Å². The highest BCUT2D eigenvalue weighted by atomic mass is 79.9. The minimum Gasteiger partial charge on any atom is -0.486 e. The van der Waals surface area contributed by atoms with E-state index in [1.165, 1.54) is 24.8 Å². The number of benzene rings is 1. The van der Waals surface area contributed by atoms with E-state index in [2.05, 4.69) is 28.1 Å². The maximum atomic E-state index is 5.59. The van der Waals surface area contributed by atoms with Crippen LogP contribution in [0, 0.1) is 5.92 Å². The number of fused-ring (bicyclic) bond motifs is 1. The Bertz CT molecular complexity index is 401. The molecule has 0 amide bonds. The lowest BCUT2D eigenvalue weighted by atomic mass is 10.1. The Labute approximate surface area is 110 Å². The molecule has 1 fully saturated rings. The van der Waals surface area contributed by atoms with Gasteiger partial charge in [0.15, 0.2) is 11.5 Å². The molecule has 1 unspecified atom stereocenters. The summed E-state index contributed by atoms with van der Waals surface area (Å²) in [5.74, 6) is 2.72. The molecule has 2 nitrogen and oxygen atoms in total. The Hall–Kier alpha value is -0.700. The molecule has 1 aromatic rings. The summed E-state index contributed by atoms with van der Waals surface area (Å²) >= 11 is 3.78. The molecule has 0 radical (unpaired) electrons. The average Bonchev–Trinajstić information content (AvgIpc) is 3.20. The molecule has 0 N–H and O–H groups in total. The van der Waals surface area contributed by atoms with Gasteiger partial charge in [-0.05, 0) is 49.3 Å². The maximum absolute atomic E-state index is 5.59. The number of alkyl halides is 1. The summed E-state index contributed by atoms with van der Waals surface area (Å²) in [5.41, 5.74) is 1.35. The van der Waals surface area contributed by atoms with E-state index in [9.17, 15) is 0 Å². The summed E-state index contributed by atoms with van der Waals surface area (Å²) in [7, 11) is 0. The zero-order valence-corrected chi connectivity index (χ0v) is 11.4. The molecular weight excluding hydrogens is 280 g/mol. The number of rotatable bonds is 4. The minimum absolute atomic E-state index is 0.664. The lowest BCUT2D eigenvalue weighted by Gasteiger charge is -2.19. The fourth-order valence-corrected chi connectivity index (χ4v) is 3.00. The molecule has 0 aromatic heterocycles. The molecule has 0 saturated heterocycles. The molecule has 1 atom stereocenters. The normalized spacial score (nSPS) is 20.1. The summed E-state index contributed by atoms with van der Waals surface area (Å²) in [5, 5.41) is 0. The van der Waals surface area contributed by atoms with E-state index < -0.39 is 0 Å². The summed E-state index contributed by atoms with van der Waals surface area (Å²) in [4.78, 5) is 0.690. The van der Waals surface area contributed by atoms with Gasteiger partial charge in [-0.2, -0.15) is 0 Å².